The topological polar surface area (TPSA) is 67.5 Å². The van der Waals surface area contributed by atoms with Crippen molar-refractivity contribution >= 4 is 11.6 Å². The highest BCUT2D eigenvalue weighted by molar-refractivity contribution is 5.94. The SMILES string of the molecule is CCc1ccn2ncc(C(=O)O)c2n1. The highest BCUT2D eigenvalue weighted by atomic mass is 16.4. The first-order valence-corrected chi connectivity index (χ1v) is 4.29. The number of carboxylic acids is 1. The Balaban J connectivity index is 2.69. The molecule has 0 unspecified atom stereocenters. The molecule has 0 radical (unpaired) electrons. The molecule has 0 aliphatic carbocycles. The zero-order valence-corrected chi connectivity index (χ0v) is 7.64. The fraction of sp³-hybridized carbons (Fsp3) is 0.222. The van der Waals surface area contributed by atoms with Gasteiger partial charge >= 0.3 is 5.97 Å². The van der Waals surface area contributed by atoms with Crippen LogP contribution < -0.4 is 0 Å². The van der Waals surface area contributed by atoms with Gasteiger partial charge in [-0.1, -0.05) is 6.92 Å². The average molecular weight is 191 g/mol. The summed E-state index contributed by atoms with van der Waals surface area (Å²) in [6, 6.07) is 1.83. The first-order valence-electron chi connectivity index (χ1n) is 4.29. The average Bonchev–Trinajstić information content (AvgIpc) is 2.59. The van der Waals surface area contributed by atoms with Crippen molar-refractivity contribution < 1.29 is 9.90 Å². The zero-order valence-electron chi connectivity index (χ0n) is 7.64. The van der Waals surface area contributed by atoms with E-state index in [-0.39, 0.29) is 5.56 Å². The number of rotatable bonds is 2. The van der Waals surface area contributed by atoms with Crippen molar-refractivity contribution in [3.8, 4) is 0 Å². The standard InChI is InChI=1S/C9H9N3O2/c1-2-6-3-4-12-8(11-6)7(5-10-12)9(13)14/h3-5H,2H2,1H3,(H,13,14). The molecule has 0 saturated carbocycles. The lowest BCUT2D eigenvalue weighted by Crippen LogP contribution is -1.99. The number of hydrogen-bond donors (Lipinski definition) is 1. The van der Waals surface area contributed by atoms with Crippen LogP contribution in [0.4, 0.5) is 0 Å². The van der Waals surface area contributed by atoms with E-state index in [0.29, 0.717) is 5.65 Å². The van der Waals surface area contributed by atoms with Gasteiger partial charge in [-0.15, -0.1) is 0 Å². The Morgan fingerprint density at radius 3 is 3.07 bits per heavy atom. The highest BCUT2D eigenvalue weighted by Crippen LogP contribution is 2.08. The van der Waals surface area contributed by atoms with Gasteiger partial charge in [-0.3, -0.25) is 0 Å². The predicted molar refractivity (Wildman–Crippen MR) is 49.3 cm³/mol. The molecule has 2 aromatic rings. The van der Waals surface area contributed by atoms with Crippen molar-refractivity contribution in [3.05, 3.63) is 29.7 Å². The molecule has 2 aromatic heterocycles. The summed E-state index contributed by atoms with van der Waals surface area (Å²) in [5, 5.41) is 12.7. The maximum atomic E-state index is 10.8. The van der Waals surface area contributed by atoms with Crippen molar-refractivity contribution in [1.82, 2.24) is 14.6 Å². The Bertz CT molecular complexity index is 490. The van der Waals surface area contributed by atoms with E-state index < -0.39 is 5.97 Å². The lowest BCUT2D eigenvalue weighted by molar-refractivity contribution is 0.0699. The van der Waals surface area contributed by atoms with Gasteiger partial charge in [-0.2, -0.15) is 5.10 Å². The van der Waals surface area contributed by atoms with Crippen molar-refractivity contribution in [2.75, 3.05) is 0 Å². The number of aryl methyl sites for hydroxylation is 1. The molecule has 1 N–H and O–H groups in total. The fourth-order valence-corrected chi connectivity index (χ4v) is 1.25. The lowest BCUT2D eigenvalue weighted by atomic mass is 10.3. The van der Waals surface area contributed by atoms with Gasteiger partial charge in [0.2, 0.25) is 0 Å². The Labute approximate surface area is 80.0 Å². The van der Waals surface area contributed by atoms with E-state index in [9.17, 15) is 4.79 Å². The number of carbonyl (C=O) groups is 1. The predicted octanol–water partition coefficient (Wildman–Crippen LogP) is 0.990. The first kappa shape index (κ1) is 8.68. The number of aromatic carboxylic acids is 1. The van der Waals surface area contributed by atoms with Crippen LogP contribution >= 0.6 is 0 Å². The third kappa shape index (κ3) is 1.22. The summed E-state index contributed by atoms with van der Waals surface area (Å²) in [7, 11) is 0. The van der Waals surface area contributed by atoms with Crippen LogP contribution in [0.25, 0.3) is 5.65 Å². The summed E-state index contributed by atoms with van der Waals surface area (Å²) in [5.41, 5.74) is 1.40. The fourth-order valence-electron chi connectivity index (χ4n) is 1.25. The van der Waals surface area contributed by atoms with Gasteiger partial charge in [0.15, 0.2) is 5.65 Å². The molecule has 0 spiro atoms. The zero-order chi connectivity index (χ0) is 10.1. The van der Waals surface area contributed by atoms with Gasteiger partial charge in [0.05, 0.1) is 6.20 Å². The van der Waals surface area contributed by atoms with Gasteiger partial charge in [-0.25, -0.2) is 14.3 Å². The van der Waals surface area contributed by atoms with E-state index in [2.05, 4.69) is 10.1 Å². The molecular weight excluding hydrogens is 182 g/mol. The Hall–Kier alpha value is -1.91. The monoisotopic (exact) mass is 191 g/mol. The Morgan fingerprint density at radius 2 is 2.43 bits per heavy atom. The number of aromatic nitrogens is 3. The molecule has 5 nitrogen and oxygen atoms in total. The highest BCUT2D eigenvalue weighted by Gasteiger charge is 2.12. The smallest absolute Gasteiger partial charge is 0.341 e. The van der Waals surface area contributed by atoms with Crippen LogP contribution in [0.1, 0.15) is 23.0 Å². The van der Waals surface area contributed by atoms with Gasteiger partial charge in [0, 0.05) is 11.9 Å². The molecular formula is C9H9N3O2. The Kier molecular flexibility index (Phi) is 1.92. The molecule has 14 heavy (non-hydrogen) atoms. The molecule has 2 rings (SSSR count). The molecule has 0 aliphatic rings. The second-order valence-electron chi connectivity index (χ2n) is 2.90. The van der Waals surface area contributed by atoms with Gasteiger partial charge in [0.25, 0.3) is 0 Å². The Morgan fingerprint density at radius 1 is 1.64 bits per heavy atom. The molecule has 5 heteroatoms. The second kappa shape index (κ2) is 3.10. The van der Waals surface area contributed by atoms with Crippen LogP contribution in [0, 0.1) is 0 Å². The van der Waals surface area contributed by atoms with E-state index in [1.807, 2.05) is 13.0 Å². The third-order valence-corrected chi connectivity index (χ3v) is 2.02. The van der Waals surface area contributed by atoms with Gasteiger partial charge in [-0.05, 0) is 12.5 Å². The van der Waals surface area contributed by atoms with E-state index >= 15 is 0 Å². The summed E-state index contributed by atoms with van der Waals surface area (Å²) in [5.74, 6) is -0.999. The van der Waals surface area contributed by atoms with Crippen LogP contribution in [-0.4, -0.2) is 25.7 Å². The largest absolute Gasteiger partial charge is 0.477 e. The van der Waals surface area contributed by atoms with E-state index in [4.69, 9.17) is 5.11 Å². The molecule has 0 fully saturated rings. The molecule has 2 heterocycles. The van der Waals surface area contributed by atoms with Crippen LogP contribution in [0.5, 0.6) is 0 Å². The van der Waals surface area contributed by atoms with Gasteiger partial charge < -0.3 is 5.11 Å². The number of nitrogens with zero attached hydrogens (tertiary/aromatic N) is 3. The molecule has 0 aliphatic heterocycles. The molecule has 0 saturated heterocycles. The lowest BCUT2D eigenvalue weighted by Gasteiger charge is -1.97. The summed E-state index contributed by atoms with van der Waals surface area (Å²) >= 11 is 0. The molecule has 0 amide bonds. The van der Waals surface area contributed by atoms with Crippen LogP contribution in [0.2, 0.25) is 0 Å². The quantitative estimate of drug-likeness (QED) is 0.768. The minimum absolute atomic E-state index is 0.139. The molecule has 0 aromatic carbocycles. The van der Waals surface area contributed by atoms with Crippen LogP contribution in [0.3, 0.4) is 0 Å². The van der Waals surface area contributed by atoms with Crippen molar-refractivity contribution in [2.24, 2.45) is 0 Å². The van der Waals surface area contributed by atoms with Crippen LogP contribution in [0.15, 0.2) is 18.5 Å². The van der Waals surface area contributed by atoms with Crippen molar-refractivity contribution in [3.63, 3.8) is 0 Å². The van der Waals surface area contributed by atoms with Crippen molar-refractivity contribution in [1.29, 1.82) is 0 Å². The summed E-state index contributed by atoms with van der Waals surface area (Å²) in [6.45, 7) is 1.97. The number of hydrogen-bond acceptors (Lipinski definition) is 3. The summed E-state index contributed by atoms with van der Waals surface area (Å²) in [6.07, 6.45) is 3.80. The molecule has 0 bridgehead atoms. The van der Waals surface area contributed by atoms with E-state index in [1.165, 1.54) is 10.7 Å². The summed E-state index contributed by atoms with van der Waals surface area (Å²) < 4.78 is 1.46. The van der Waals surface area contributed by atoms with Crippen molar-refractivity contribution in [2.45, 2.75) is 13.3 Å². The molecule has 0 atom stereocenters. The number of carboxylic acid groups (broad SMARTS) is 1. The molecule has 72 valence electrons. The minimum Gasteiger partial charge on any atom is -0.477 e. The number of fused-ring (bicyclic) bond motifs is 1. The maximum absolute atomic E-state index is 10.8. The first-order chi connectivity index (χ1) is 6.72. The maximum Gasteiger partial charge on any atom is 0.341 e. The van der Waals surface area contributed by atoms with Gasteiger partial charge in [0.1, 0.15) is 5.56 Å². The van der Waals surface area contributed by atoms with E-state index in [1.54, 1.807) is 6.20 Å². The minimum atomic E-state index is -0.999. The van der Waals surface area contributed by atoms with Crippen LogP contribution in [-0.2, 0) is 6.42 Å². The summed E-state index contributed by atoms with van der Waals surface area (Å²) in [4.78, 5) is 15.0. The normalized spacial score (nSPS) is 10.6. The van der Waals surface area contributed by atoms with E-state index in [0.717, 1.165) is 12.1 Å². The second-order valence-corrected chi connectivity index (χ2v) is 2.90. The third-order valence-electron chi connectivity index (χ3n) is 2.02.